The van der Waals surface area contributed by atoms with Crippen LogP contribution in [0.15, 0.2) is 16.9 Å². The molecule has 3 amide bonds. The van der Waals surface area contributed by atoms with Crippen molar-refractivity contribution >= 4 is 34.6 Å². The fourth-order valence-electron chi connectivity index (χ4n) is 6.00. The molecule has 1 aromatic heterocycles. The van der Waals surface area contributed by atoms with Crippen LogP contribution >= 0.6 is 0 Å². The number of hydrogen-bond acceptors (Lipinski definition) is 7. The summed E-state index contributed by atoms with van der Waals surface area (Å²) in [5.41, 5.74) is 0.423. The molecule has 1 N–H and O–H groups in total. The maximum absolute atomic E-state index is 15.4. The molecule has 12 heteroatoms. The number of nitrogens with zero attached hydrogens (tertiary/aromatic N) is 5. The number of benzene rings is 1. The number of aromatic nitrogens is 2. The Morgan fingerprint density at radius 3 is 2.30 bits per heavy atom. The minimum Gasteiger partial charge on any atom is -0.444 e. The molecule has 3 aliphatic heterocycles. The van der Waals surface area contributed by atoms with Crippen molar-refractivity contribution in [2.45, 2.75) is 58.1 Å². The van der Waals surface area contributed by atoms with E-state index in [1.54, 1.807) is 18.0 Å². The summed E-state index contributed by atoms with van der Waals surface area (Å²) in [5.74, 6) is -0.850. The van der Waals surface area contributed by atoms with Crippen LogP contribution in [-0.4, -0.2) is 88.3 Å². The number of hydrogen-bond donors (Lipinski definition) is 1. The van der Waals surface area contributed by atoms with Crippen molar-refractivity contribution in [1.29, 1.82) is 0 Å². The lowest BCUT2D eigenvalue weighted by Crippen LogP contribution is -2.49. The van der Waals surface area contributed by atoms with Crippen molar-refractivity contribution in [1.82, 2.24) is 24.3 Å². The van der Waals surface area contributed by atoms with Gasteiger partial charge in [-0.3, -0.25) is 28.9 Å². The topological polar surface area (TPSA) is 109 Å². The first-order chi connectivity index (χ1) is 18.9. The molecule has 4 heterocycles. The third kappa shape index (κ3) is 5.72. The van der Waals surface area contributed by atoms with Crippen molar-refractivity contribution in [3.05, 3.63) is 28.4 Å². The molecule has 0 spiro atoms. The van der Waals surface area contributed by atoms with Gasteiger partial charge in [0.15, 0.2) is 0 Å². The van der Waals surface area contributed by atoms with Crippen LogP contribution in [0, 0.1) is 11.7 Å². The molecule has 218 valence electrons. The number of carbonyl (C=O) groups excluding carboxylic acids is 3. The van der Waals surface area contributed by atoms with Crippen LogP contribution in [0.4, 0.5) is 14.9 Å². The number of piperidine rings is 2. The van der Waals surface area contributed by atoms with Crippen molar-refractivity contribution in [3.8, 4) is 0 Å². The third-order valence-electron chi connectivity index (χ3n) is 8.18. The van der Waals surface area contributed by atoms with E-state index < -0.39 is 29.1 Å². The summed E-state index contributed by atoms with van der Waals surface area (Å²) < 4.78 is 23.7. The van der Waals surface area contributed by atoms with Crippen LogP contribution in [-0.2, 0) is 21.4 Å². The Morgan fingerprint density at radius 2 is 1.68 bits per heavy atom. The summed E-state index contributed by atoms with van der Waals surface area (Å²) in [4.78, 5) is 55.6. The second-order valence-electron chi connectivity index (χ2n) is 12.2. The van der Waals surface area contributed by atoms with Gasteiger partial charge in [-0.15, -0.1) is 0 Å². The lowest BCUT2D eigenvalue weighted by Gasteiger charge is -2.39. The molecule has 0 aliphatic carbocycles. The second kappa shape index (κ2) is 10.9. The summed E-state index contributed by atoms with van der Waals surface area (Å²) in [7, 11) is 1.61. The molecule has 1 unspecified atom stereocenters. The highest BCUT2D eigenvalue weighted by Crippen LogP contribution is 2.30. The van der Waals surface area contributed by atoms with Gasteiger partial charge in [0.05, 0.1) is 16.7 Å². The number of halogens is 1. The van der Waals surface area contributed by atoms with Gasteiger partial charge in [-0.1, -0.05) is 0 Å². The monoisotopic (exact) mass is 558 g/mol. The number of carbonyl (C=O) groups is 3. The molecule has 11 nitrogen and oxygen atoms in total. The zero-order chi connectivity index (χ0) is 28.8. The Labute approximate surface area is 232 Å². The van der Waals surface area contributed by atoms with E-state index in [2.05, 4.69) is 10.2 Å². The molecule has 1 aromatic carbocycles. The predicted octanol–water partition coefficient (Wildman–Crippen LogP) is 2.23. The Kier molecular flexibility index (Phi) is 7.64. The molecule has 40 heavy (non-hydrogen) atoms. The van der Waals surface area contributed by atoms with Crippen LogP contribution in [0.25, 0.3) is 11.0 Å². The molecule has 0 bridgehead atoms. The standard InChI is InChI=1S/C28H39FN6O5/c1-28(2,3)40-27(39)34-9-7-18(8-10-34)17-32-11-13-33(14-12-32)21-16-22-23(15-19(21)29)35(26(38)31(22)4)20-5-6-24(36)30-25(20)37/h15-16,18,20H,5-14,17H2,1-4H3,(H,30,36,37). The van der Waals surface area contributed by atoms with Crippen molar-refractivity contribution < 1.29 is 23.5 Å². The van der Waals surface area contributed by atoms with Gasteiger partial charge in [-0.25, -0.2) is 14.0 Å². The normalized spacial score (nSPS) is 21.7. The first-order valence-corrected chi connectivity index (χ1v) is 14.1. The number of rotatable bonds is 4. The predicted molar refractivity (Wildman–Crippen MR) is 148 cm³/mol. The smallest absolute Gasteiger partial charge is 0.410 e. The van der Waals surface area contributed by atoms with E-state index in [4.69, 9.17) is 4.74 Å². The SMILES string of the molecule is Cn1c(=O)n(C2CCC(=O)NC2=O)c2cc(F)c(N3CCN(CC4CCN(C(=O)OC(C)(C)C)CC4)CC3)cc21. The highest BCUT2D eigenvalue weighted by molar-refractivity contribution is 6.00. The fraction of sp³-hybridized carbons (Fsp3) is 0.643. The number of ether oxygens (including phenoxy) is 1. The minimum absolute atomic E-state index is 0.132. The van der Waals surface area contributed by atoms with Crippen LogP contribution < -0.4 is 15.9 Å². The lowest BCUT2D eigenvalue weighted by molar-refractivity contribution is -0.135. The Morgan fingerprint density at radius 1 is 1.00 bits per heavy atom. The number of imide groups is 1. The quantitative estimate of drug-likeness (QED) is 0.574. The van der Waals surface area contributed by atoms with Gasteiger partial charge in [-0.05, 0) is 52.0 Å². The number of imidazole rings is 1. The van der Waals surface area contributed by atoms with Crippen LogP contribution in [0.2, 0.25) is 0 Å². The van der Waals surface area contributed by atoms with Crippen LogP contribution in [0.1, 0.15) is 52.5 Å². The van der Waals surface area contributed by atoms with Gasteiger partial charge in [0.2, 0.25) is 11.8 Å². The van der Waals surface area contributed by atoms with Gasteiger partial charge in [0.25, 0.3) is 0 Å². The average molecular weight is 559 g/mol. The Bertz CT molecular complexity index is 1360. The van der Waals surface area contributed by atoms with E-state index >= 15 is 4.39 Å². The van der Waals surface area contributed by atoms with E-state index in [9.17, 15) is 19.2 Å². The van der Waals surface area contributed by atoms with Gasteiger partial charge in [0, 0.05) is 65.3 Å². The molecule has 0 radical (unpaired) electrons. The zero-order valence-corrected chi connectivity index (χ0v) is 23.7. The fourth-order valence-corrected chi connectivity index (χ4v) is 6.00. The lowest BCUT2D eigenvalue weighted by atomic mass is 9.96. The summed E-state index contributed by atoms with van der Waals surface area (Å²) in [6.07, 6.45) is 1.96. The number of amides is 3. The molecular weight excluding hydrogens is 519 g/mol. The average Bonchev–Trinajstić information content (AvgIpc) is 3.12. The summed E-state index contributed by atoms with van der Waals surface area (Å²) in [5, 5.41) is 2.28. The third-order valence-corrected chi connectivity index (χ3v) is 8.18. The number of anilines is 1. The molecule has 3 saturated heterocycles. The van der Waals surface area contributed by atoms with E-state index in [-0.39, 0.29) is 24.8 Å². The molecule has 3 aliphatic rings. The Balaban J connectivity index is 1.21. The first kappa shape index (κ1) is 28.1. The molecule has 1 atom stereocenters. The Hall–Kier alpha value is -3.41. The number of likely N-dealkylation sites (tertiary alicyclic amines) is 1. The highest BCUT2D eigenvalue weighted by atomic mass is 19.1. The van der Waals surface area contributed by atoms with Crippen molar-refractivity contribution in [3.63, 3.8) is 0 Å². The minimum atomic E-state index is -0.848. The first-order valence-electron chi connectivity index (χ1n) is 14.1. The van der Waals surface area contributed by atoms with Crippen molar-refractivity contribution in [2.75, 3.05) is 50.7 Å². The molecule has 0 saturated carbocycles. The molecule has 5 rings (SSSR count). The van der Waals surface area contributed by atoms with Crippen LogP contribution in [0.3, 0.4) is 0 Å². The number of aryl methyl sites for hydroxylation is 1. The summed E-state index contributed by atoms with van der Waals surface area (Å²) in [6.45, 7) is 10.9. The van der Waals surface area contributed by atoms with Gasteiger partial charge in [0.1, 0.15) is 17.5 Å². The summed E-state index contributed by atoms with van der Waals surface area (Å²) >= 11 is 0. The van der Waals surface area contributed by atoms with Crippen molar-refractivity contribution in [2.24, 2.45) is 13.0 Å². The van der Waals surface area contributed by atoms with E-state index in [0.29, 0.717) is 48.8 Å². The van der Waals surface area contributed by atoms with Gasteiger partial charge >= 0.3 is 11.8 Å². The molecule has 3 fully saturated rings. The van der Waals surface area contributed by atoms with Gasteiger partial charge in [-0.2, -0.15) is 0 Å². The zero-order valence-electron chi connectivity index (χ0n) is 23.7. The molecular formula is C28H39FN6O5. The number of fused-ring (bicyclic) bond motifs is 1. The second-order valence-corrected chi connectivity index (χ2v) is 12.2. The highest BCUT2D eigenvalue weighted by Gasteiger charge is 2.33. The molecule has 2 aromatic rings. The summed E-state index contributed by atoms with van der Waals surface area (Å²) in [6, 6.07) is 2.18. The van der Waals surface area contributed by atoms with Crippen LogP contribution in [0.5, 0.6) is 0 Å². The maximum Gasteiger partial charge on any atom is 0.410 e. The number of piperazine rings is 1. The van der Waals surface area contributed by atoms with E-state index in [1.165, 1.54) is 15.2 Å². The van der Waals surface area contributed by atoms with E-state index in [1.807, 2.05) is 25.7 Å². The number of nitrogens with one attached hydrogen (secondary N) is 1. The maximum atomic E-state index is 15.4. The van der Waals surface area contributed by atoms with E-state index in [0.717, 1.165) is 32.5 Å². The largest absolute Gasteiger partial charge is 0.444 e. The van der Waals surface area contributed by atoms with Gasteiger partial charge < -0.3 is 14.5 Å².